The molecule has 0 radical (unpaired) electrons. The second-order valence-corrected chi connectivity index (χ2v) is 5.27. The third-order valence-corrected chi connectivity index (χ3v) is 3.63. The van der Waals surface area contributed by atoms with E-state index in [9.17, 15) is 14.0 Å². The van der Waals surface area contributed by atoms with Gasteiger partial charge in [0.25, 0.3) is 5.56 Å². The van der Waals surface area contributed by atoms with Gasteiger partial charge in [-0.15, -0.1) is 0 Å². The van der Waals surface area contributed by atoms with Gasteiger partial charge in [0, 0.05) is 28.4 Å². The molecule has 0 aliphatic carbocycles. The van der Waals surface area contributed by atoms with Gasteiger partial charge >= 0.3 is 0 Å². The molecule has 0 atom stereocenters. The minimum absolute atomic E-state index is 0.0897. The number of carbonyl (C=O) groups is 1. The van der Waals surface area contributed by atoms with Crippen molar-refractivity contribution < 1.29 is 9.18 Å². The molecule has 124 valence electrons. The lowest BCUT2D eigenvalue weighted by molar-refractivity contribution is 0.112. The zero-order valence-corrected chi connectivity index (χ0v) is 12.9. The van der Waals surface area contributed by atoms with Crippen molar-refractivity contribution >= 4 is 28.6 Å². The van der Waals surface area contributed by atoms with E-state index in [1.165, 1.54) is 30.5 Å². The molecule has 0 spiro atoms. The van der Waals surface area contributed by atoms with E-state index in [1.54, 1.807) is 24.3 Å². The first-order valence-corrected chi connectivity index (χ1v) is 7.33. The zero-order valence-electron chi connectivity index (χ0n) is 12.9. The fraction of sp³-hybridized carbons (Fsp3) is 0. The molecule has 0 unspecified atom stereocenters. The summed E-state index contributed by atoms with van der Waals surface area (Å²) in [5.41, 5.74) is 8.81. The number of hydrogen-bond acceptors (Lipinski definition) is 5. The first kappa shape index (κ1) is 16.3. The first-order valence-electron chi connectivity index (χ1n) is 7.33. The van der Waals surface area contributed by atoms with E-state index in [-0.39, 0.29) is 11.3 Å². The Morgan fingerprint density at radius 1 is 1.16 bits per heavy atom. The largest absolute Gasteiger partial charge is 0.360 e. The Morgan fingerprint density at radius 3 is 2.60 bits per heavy atom. The number of halogens is 1. The van der Waals surface area contributed by atoms with Gasteiger partial charge in [-0.3, -0.25) is 9.59 Å². The number of nitrogens with one attached hydrogen (secondary N) is 3. The smallest absolute Gasteiger partial charge is 0.258 e. The Morgan fingerprint density at radius 2 is 1.92 bits per heavy atom. The van der Waals surface area contributed by atoms with Gasteiger partial charge in [0.1, 0.15) is 17.8 Å². The number of aldehydes is 1. The molecule has 0 amide bonds. The summed E-state index contributed by atoms with van der Waals surface area (Å²) in [4.78, 5) is 25.5. The molecule has 0 aliphatic rings. The highest BCUT2D eigenvalue weighted by Gasteiger charge is 2.09. The van der Waals surface area contributed by atoms with Crippen molar-refractivity contribution in [1.82, 2.24) is 4.98 Å². The number of benzene rings is 2. The summed E-state index contributed by atoms with van der Waals surface area (Å²) in [5.74, 6) is -0.424. The Balaban J connectivity index is 1.97. The summed E-state index contributed by atoms with van der Waals surface area (Å²) < 4.78 is 13.4. The highest BCUT2D eigenvalue weighted by molar-refractivity contribution is 5.82. The number of fused-ring (bicyclic) bond motifs is 1. The monoisotopic (exact) mass is 336 g/mol. The highest BCUT2D eigenvalue weighted by Crippen LogP contribution is 2.19. The Bertz CT molecular complexity index is 1040. The number of rotatable bonds is 5. The number of nitrogens with zero attached hydrogens (tertiary/aromatic N) is 1. The molecule has 0 saturated heterocycles. The van der Waals surface area contributed by atoms with Gasteiger partial charge in [-0.05, 0) is 48.5 Å². The number of carbonyl (C=O) groups excluding carboxylic acids is 1. The lowest BCUT2D eigenvalue weighted by atomic mass is 10.1. The molecule has 0 aliphatic heterocycles. The van der Waals surface area contributed by atoms with E-state index in [0.717, 1.165) is 6.29 Å². The lowest BCUT2D eigenvalue weighted by Crippen LogP contribution is -2.11. The maximum atomic E-state index is 13.4. The maximum Gasteiger partial charge on any atom is 0.258 e. The summed E-state index contributed by atoms with van der Waals surface area (Å²) in [7, 11) is 0. The fourth-order valence-corrected chi connectivity index (χ4v) is 2.35. The van der Waals surface area contributed by atoms with Crippen molar-refractivity contribution in [2.75, 3.05) is 5.32 Å². The molecule has 25 heavy (non-hydrogen) atoms. The second kappa shape index (κ2) is 6.88. The predicted molar refractivity (Wildman–Crippen MR) is 93.1 cm³/mol. The molecule has 3 N–H and O–H groups in total. The van der Waals surface area contributed by atoms with Gasteiger partial charge in [0.2, 0.25) is 0 Å². The number of hydrogen-bond donors (Lipinski definition) is 3. The summed E-state index contributed by atoms with van der Waals surface area (Å²) in [6, 6.07) is 12.1. The van der Waals surface area contributed by atoms with Crippen LogP contribution in [-0.2, 0) is 0 Å². The topological polar surface area (TPSA) is 98.2 Å². The maximum absolute atomic E-state index is 13.4. The van der Waals surface area contributed by atoms with Crippen molar-refractivity contribution in [3.63, 3.8) is 0 Å². The van der Waals surface area contributed by atoms with E-state index in [2.05, 4.69) is 15.4 Å². The van der Waals surface area contributed by atoms with Crippen molar-refractivity contribution in [3.05, 3.63) is 82.0 Å². The average molecular weight is 336 g/mol. The molecule has 2 aromatic carbocycles. The van der Waals surface area contributed by atoms with Gasteiger partial charge in [-0.25, -0.2) is 9.92 Å². The predicted octanol–water partition coefficient (Wildman–Crippen LogP) is 3.92. The van der Waals surface area contributed by atoms with Crippen LogP contribution in [-0.4, -0.2) is 11.3 Å². The van der Waals surface area contributed by atoms with Crippen molar-refractivity contribution in [1.29, 1.82) is 5.53 Å². The zero-order chi connectivity index (χ0) is 17.8. The molecular weight excluding hydrogens is 323 g/mol. The minimum atomic E-state index is -0.431. The summed E-state index contributed by atoms with van der Waals surface area (Å²) in [6.07, 6.45) is 2.14. The molecule has 0 bridgehead atoms. The normalized spacial score (nSPS) is 11.3. The van der Waals surface area contributed by atoms with E-state index < -0.39 is 11.4 Å². The van der Waals surface area contributed by atoms with Crippen molar-refractivity contribution in [3.8, 4) is 0 Å². The summed E-state index contributed by atoms with van der Waals surface area (Å²) >= 11 is 0. The summed E-state index contributed by atoms with van der Waals surface area (Å²) in [6.45, 7) is 0. The Kier molecular flexibility index (Phi) is 4.47. The Hall–Kier alpha value is -3.61. The molecule has 0 fully saturated rings. The van der Waals surface area contributed by atoms with Gasteiger partial charge in [0.15, 0.2) is 0 Å². The first-order chi connectivity index (χ1) is 12.1. The van der Waals surface area contributed by atoms with Gasteiger partial charge < -0.3 is 10.3 Å². The second-order valence-electron chi connectivity index (χ2n) is 5.27. The van der Waals surface area contributed by atoms with Crippen LogP contribution in [0.3, 0.4) is 0 Å². The number of aromatic nitrogens is 1. The van der Waals surface area contributed by atoms with Crippen LogP contribution in [0.5, 0.6) is 0 Å². The van der Waals surface area contributed by atoms with E-state index in [4.69, 9.17) is 5.53 Å². The van der Waals surface area contributed by atoms with E-state index >= 15 is 0 Å². The lowest BCUT2D eigenvalue weighted by Gasteiger charge is -2.05. The third kappa shape index (κ3) is 3.50. The molecule has 1 aromatic heterocycles. The number of aromatic amines is 1. The molecule has 0 saturated carbocycles. The SMILES string of the molecule is N=N/C(=C\Nc1ccc(C=O)cc1)c1cc2cc(F)ccc2[nH]c1=O. The van der Waals surface area contributed by atoms with Crippen LogP contribution in [0.25, 0.3) is 16.6 Å². The van der Waals surface area contributed by atoms with Gasteiger partial charge in [-0.2, -0.15) is 5.11 Å². The van der Waals surface area contributed by atoms with E-state index in [0.29, 0.717) is 22.2 Å². The van der Waals surface area contributed by atoms with Gasteiger partial charge in [-0.1, -0.05) is 0 Å². The minimum Gasteiger partial charge on any atom is -0.360 e. The van der Waals surface area contributed by atoms with Crippen LogP contribution < -0.4 is 10.9 Å². The van der Waals surface area contributed by atoms with Crippen LogP contribution in [0.1, 0.15) is 15.9 Å². The molecule has 1 heterocycles. The quantitative estimate of drug-likeness (QED) is 0.486. The van der Waals surface area contributed by atoms with Crippen molar-refractivity contribution in [2.45, 2.75) is 0 Å². The third-order valence-electron chi connectivity index (χ3n) is 3.63. The van der Waals surface area contributed by atoms with E-state index in [1.807, 2.05) is 0 Å². The van der Waals surface area contributed by atoms with Crippen LogP contribution in [0.15, 0.2) is 64.6 Å². The number of H-pyrrole nitrogens is 1. The highest BCUT2D eigenvalue weighted by atomic mass is 19.1. The summed E-state index contributed by atoms with van der Waals surface area (Å²) in [5, 5.41) is 6.79. The van der Waals surface area contributed by atoms with Gasteiger partial charge in [0.05, 0.1) is 5.56 Å². The van der Waals surface area contributed by atoms with Crippen LogP contribution in [0.2, 0.25) is 0 Å². The number of pyridine rings is 1. The molecule has 7 heteroatoms. The molecule has 6 nitrogen and oxygen atoms in total. The standard InChI is InChI=1S/C18H13FN4O2/c19-13-3-6-16-12(7-13)8-15(18(25)22-16)17(23-20)9-21-14-4-1-11(10-24)2-5-14/h1-10,20-21H,(H,22,25)/b17-9-,23-20?. The van der Waals surface area contributed by atoms with Crippen LogP contribution in [0.4, 0.5) is 10.1 Å². The Labute approximate surface area is 141 Å². The van der Waals surface area contributed by atoms with Crippen LogP contribution in [0, 0.1) is 11.3 Å². The molecule has 3 aromatic rings. The van der Waals surface area contributed by atoms with Crippen molar-refractivity contribution in [2.24, 2.45) is 5.11 Å². The molecule has 3 rings (SSSR count). The average Bonchev–Trinajstić information content (AvgIpc) is 2.63. The fourth-order valence-electron chi connectivity index (χ4n) is 2.35. The number of anilines is 1. The van der Waals surface area contributed by atoms with Crippen LogP contribution >= 0.6 is 0 Å². The molecular formula is C18H13FN4O2.